The molecule has 0 amide bonds. The van der Waals surface area contributed by atoms with E-state index in [1.165, 1.54) is 24.8 Å². The summed E-state index contributed by atoms with van der Waals surface area (Å²) in [7, 11) is 0. The molecule has 37 heavy (non-hydrogen) atoms. The van der Waals surface area contributed by atoms with Gasteiger partial charge in [-0.3, -0.25) is 0 Å². The molecule has 0 aromatic rings. The van der Waals surface area contributed by atoms with Gasteiger partial charge in [0.2, 0.25) is 0 Å². The molecule has 0 aliphatic heterocycles. The second-order valence-electron chi connectivity index (χ2n) is 13.9. The van der Waals surface area contributed by atoms with Crippen molar-refractivity contribution in [1.29, 1.82) is 0 Å². The SMILES string of the molecule is C=C1/C(=C\C=C2/CCC[C@@]3(C)C2CCC3[C@H](CCCC(C)(C)O)CCC(O)C(C)(C)O)C[C@@H](O)C[C@@H]1O. The minimum Gasteiger partial charge on any atom is -0.393 e. The van der Waals surface area contributed by atoms with Gasteiger partial charge in [-0.05, 0) is 120 Å². The molecule has 3 fully saturated rings. The van der Waals surface area contributed by atoms with Crippen molar-refractivity contribution in [1.82, 2.24) is 0 Å². The molecular formula is C32H54O5. The fraction of sp³-hybridized carbons (Fsp3) is 0.812. The fourth-order valence-electron chi connectivity index (χ4n) is 7.59. The zero-order valence-corrected chi connectivity index (χ0v) is 24.0. The van der Waals surface area contributed by atoms with Crippen molar-refractivity contribution in [3.8, 4) is 0 Å². The van der Waals surface area contributed by atoms with Crippen LogP contribution >= 0.6 is 0 Å². The quantitative estimate of drug-likeness (QED) is 0.259. The maximum atomic E-state index is 10.6. The summed E-state index contributed by atoms with van der Waals surface area (Å²) in [4.78, 5) is 0. The minimum absolute atomic E-state index is 0.199. The van der Waals surface area contributed by atoms with Crippen LogP contribution in [0, 0.1) is 23.2 Å². The van der Waals surface area contributed by atoms with E-state index in [1.807, 2.05) is 13.8 Å². The van der Waals surface area contributed by atoms with Gasteiger partial charge in [0, 0.05) is 6.42 Å². The number of aliphatic hydroxyl groups excluding tert-OH is 3. The average Bonchev–Trinajstić information content (AvgIpc) is 3.13. The zero-order valence-electron chi connectivity index (χ0n) is 24.0. The van der Waals surface area contributed by atoms with Gasteiger partial charge in [0.15, 0.2) is 0 Å². The lowest BCUT2D eigenvalue weighted by Gasteiger charge is -2.45. The first-order valence-electron chi connectivity index (χ1n) is 14.7. The number of fused-ring (bicyclic) bond motifs is 1. The Morgan fingerprint density at radius 1 is 1.05 bits per heavy atom. The van der Waals surface area contributed by atoms with Crippen LogP contribution in [0.3, 0.4) is 0 Å². The average molecular weight is 519 g/mol. The summed E-state index contributed by atoms with van der Waals surface area (Å²) in [5.74, 6) is 1.53. The Morgan fingerprint density at radius 3 is 2.41 bits per heavy atom. The number of allylic oxidation sites excluding steroid dienone is 3. The zero-order chi connectivity index (χ0) is 27.6. The molecule has 5 N–H and O–H groups in total. The summed E-state index contributed by atoms with van der Waals surface area (Å²) in [5, 5.41) is 51.5. The Morgan fingerprint density at radius 2 is 1.76 bits per heavy atom. The van der Waals surface area contributed by atoms with Gasteiger partial charge in [-0.2, -0.15) is 0 Å². The Kier molecular flexibility index (Phi) is 9.94. The normalized spacial score (nSPS) is 35.1. The van der Waals surface area contributed by atoms with Crippen molar-refractivity contribution in [3.05, 3.63) is 35.5 Å². The molecule has 3 unspecified atom stereocenters. The molecule has 212 valence electrons. The predicted molar refractivity (Wildman–Crippen MR) is 150 cm³/mol. The van der Waals surface area contributed by atoms with Gasteiger partial charge < -0.3 is 25.5 Å². The molecular weight excluding hydrogens is 464 g/mol. The molecule has 0 heterocycles. The van der Waals surface area contributed by atoms with Gasteiger partial charge in [-0.1, -0.05) is 44.1 Å². The standard InChI is InChI=1S/C32H54O5/c1-21-24(19-25(33)20-28(21)34)12-11-22-10-8-18-32(6)26(22)14-15-27(32)23(9-7-17-30(2,3)36)13-16-29(35)31(4,5)37/h11-12,23,25-29,33-37H,1,7-10,13-20H2,2-6H3/b22-11+,24-12-/t23-,25-,26?,27?,28+,29?,32+/m1/s1. The van der Waals surface area contributed by atoms with E-state index < -0.39 is 29.5 Å². The maximum absolute atomic E-state index is 10.6. The lowest BCUT2D eigenvalue weighted by molar-refractivity contribution is -0.0563. The number of hydrogen-bond donors (Lipinski definition) is 5. The van der Waals surface area contributed by atoms with Crippen LogP contribution in [0.2, 0.25) is 0 Å². The molecule has 0 aromatic carbocycles. The van der Waals surface area contributed by atoms with Crippen molar-refractivity contribution >= 4 is 0 Å². The predicted octanol–water partition coefficient (Wildman–Crippen LogP) is 5.60. The number of hydrogen-bond acceptors (Lipinski definition) is 5. The second-order valence-corrected chi connectivity index (χ2v) is 13.9. The van der Waals surface area contributed by atoms with E-state index in [9.17, 15) is 25.5 Å². The Hall–Kier alpha value is -0.980. The van der Waals surface area contributed by atoms with E-state index in [2.05, 4.69) is 25.7 Å². The van der Waals surface area contributed by atoms with E-state index in [-0.39, 0.29) is 5.41 Å². The number of aliphatic hydroxyl groups is 5. The fourth-order valence-corrected chi connectivity index (χ4v) is 7.59. The monoisotopic (exact) mass is 518 g/mol. The third-order valence-electron chi connectivity index (χ3n) is 9.86. The summed E-state index contributed by atoms with van der Waals surface area (Å²) in [6, 6.07) is 0. The van der Waals surface area contributed by atoms with Gasteiger partial charge in [0.05, 0.1) is 29.5 Å². The van der Waals surface area contributed by atoms with Crippen molar-refractivity contribution in [2.75, 3.05) is 0 Å². The van der Waals surface area contributed by atoms with Crippen molar-refractivity contribution < 1.29 is 25.5 Å². The Bertz CT molecular complexity index is 844. The van der Waals surface area contributed by atoms with Crippen molar-refractivity contribution in [2.24, 2.45) is 23.2 Å². The van der Waals surface area contributed by atoms with Gasteiger partial charge in [0.25, 0.3) is 0 Å². The molecule has 7 atom stereocenters. The second kappa shape index (κ2) is 12.0. The van der Waals surface area contributed by atoms with E-state index in [0.717, 1.165) is 49.7 Å². The smallest absolute Gasteiger partial charge is 0.0849 e. The van der Waals surface area contributed by atoms with Crippen LogP contribution in [0.25, 0.3) is 0 Å². The van der Waals surface area contributed by atoms with E-state index >= 15 is 0 Å². The first-order valence-corrected chi connectivity index (χ1v) is 14.7. The number of rotatable bonds is 10. The van der Waals surface area contributed by atoms with Crippen molar-refractivity contribution in [3.63, 3.8) is 0 Å². The molecule has 0 bridgehead atoms. The van der Waals surface area contributed by atoms with Crippen LogP contribution in [-0.2, 0) is 0 Å². The van der Waals surface area contributed by atoms with Crippen molar-refractivity contribution in [2.45, 2.75) is 141 Å². The van der Waals surface area contributed by atoms with Gasteiger partial charge >= 0.3 is 0 Å². The molecule has 0 aromatic heterocycles. The highest BCUT2D eigenvalue weighted by molar-refractivity contribution is 5.38. The third-order valence-corrected chi connectivity index (χ3v) is 9.86. The van der Waals surface area contributed by atoms with E-state index in [0.29, 0.717) is 37.0 Å². The summed E-state index contributed by atoms with van der Waals surface area (Å²) >= 11 is 0. The van der Waals surface area contributed by atoms with Crippen LogP contribution in [0.15, 0.2) is 35.5 Å². The van der Waals surface area contributed by atoms with Gasteiger partial charge in [-0.25, -0.2) is 0 Å². The summed E-state index contributed by atoms with van der Waals surface area (Å²) < 4.78 is 0. The van der Waals surface area contributed by atoms with Crippen LogP contribution in [0.5, 0.6) is 0 Å². The molecule has 0 spiro atoms. The van der Waals surface area contributed by atoms with E-state index in [4.69, 9.17) is 0 Å². The lowest BCUT2D eigenvalue weighted by atomic mass is 9.60. The molecule has 5 heteroatoms. The highest BCUT2D eigenvalue weighted by atomic mass is 16.3. The molecule has 3 rings (SSSR count). The molecule has 5 nitrogen and oxygen atoms in total. The Balaban J connectivity index is 1.79. The topological polar surface area (TPSA) is 101 Å². The first-order chi connectivity index (χ1) is 17.1. The Labute approximate surface area is 225 Å². The molecule has 0 radical (unpaired) electrons. The van der Waals surface area contributed by atoms with Gasteiger partial charge in [-0.15, -0.1) is 0 Å². The van der Waals surface area contributed by atoms with E-state index in [1.54, 1.807) is 13.8 Å². The van der Waals surface area contributed by atoms with Gasteiger partial charge in [0.1, 0.15) is 0 Å². The molecule has 3 saturated carbocycles. The summed E-state index contributed by atoms with van der Waals surface area (Å²) in [5.41, 5.74) is 1.62. The summed E-state index contributed by atoms with van der Waals surface area (Å²) in [6.45, 7) is 13.7. The van der Waals surface area contributed by atoms with Crippen LogP contribution in [-0.4, -0.2) is 55.0 Å². The first kappa shape index (κ1) is 30.6. The maximum Gasteiger partial charge on any atom is 0.0849 e. The molecule has 0 saturated heterocycles. The highest BCUT2D eigenvalue weighted by Crippen LogP contribution is 2.60. The molecule has 3 aliphatic rings. The minimum atomic E-state index is -1.10. The largest absolute Gasteiger partial charge is 0.393 e. The van der Waals surface area contributed by atoms with Crippen LogP contribution in [0.4, 0.5) is 0 Å². The third kappa shape index (κ3) is 7.79. The summed E-state index contributed by atoms with van der Waals surface area (Å²) in [6.07, 6.45) is 13.4. The molecule has 3 aliphatic carbocycles. The van der Waals surface area contributed by atoms with Crippen LogP contribution < -0.4 is 0 Å². The lowest BCUT2D eigenvalue weighted by Crippen LogP contribution is -2.39. The van der Waals surface area contributed by atoms with Crippen LogP contribution in [0.1, 0.15) is 112 Å². The highest BCUT2D eigenvalue weighted by Gasteiger charge is 2.51.